The van der Waals surface area contributed by atoms with Crippen molar-refractivity contribution in [3.8, 4) is 0 Å². The van der Waals surface area contributed by atoms with Gasteiger partial charge in [0.25, 0.3) is 10.8 Å². The zero-order valence-corrected chi connectivity index (χ0v) is 4.39. The predicted molar refractivity (Wildman–Crippen MR) is 4.44 cm³/mol. The first-order chi connectivity index (χ1) is 3.15. The summed E-state index contributed by atoms with van der Waals surface area (Å²) in [6.45, 7) is 0. The van der Waals surface area contributed by atoms with Crippen LogP contribution in [-0.2, 0) is 0 Å². The van der Waals surface area contributed by atoms with Crippen LogP contribution in [0.2, 0.25) is 0 Å². The molecule has 0 radical (unpaired) electrons. The predicted octanol–water partition coefficient (Wildman–Crippen LogP) is -4.68. The first-order valence-corrected chi connectivity index (χ1v) is 2.40. The molecular formula is H2Cl2O5. The normalized spacial score (nSPS) is 7.71. The summed E-state index contributed by atoms with van der Waals surface area (Å²) >= 11 is -0.167. The Bertz CT molecular complexity index is 17.3. The second kappa shape index (κ2) is 9.63. The minimum atomic E-state index is -2.60. The Morgan fingerprint density at radius 2 is 1.43 bits per heavy atom. The van der Waals surface area contributed by atoms with E-state index in [1.165, 1.54) is 0 Å². The maximum Gasteiger partial charge on any atom is 0.327 e. The highest BCUT2D eigenvalue weighted by Gasteiger charge is 1.79. The lowest BCUT2D eigenvalue weighted by Crippen LogP contribution is -2.30. The van der Waals surface area contributed by atoms with Gasteiger partial charge < -0.3 is 14.0 Å². The van der Waals surface area contributed by atoms with Crippen molar-refractivity contribution in [2.24, 2.45) is 0 Å². The van der Waals surface area contributed by atoms with Crippen LogP contribution in [0.25, 0.3) is 0 Å². The Hall–Kier alpha value is 0.380. The zero-order valence-electron chi connectivity index (χ0n) is 2.88. The second-order valence-electron chi connectivity index (χ2n) is 0.270. The molecule has 0 saturated carbocycles. The third-order valence-electron chi connectivity index (χ3n) is 0. The minimum absolute atomic E-state index is 0.167. The van der Waals surface area contributed by atoms with Crippen molar-refractivity contribution < 1.29 is 45.4 Å². The Balaban J connectivity index is 0. The molecule has 0 heterocycles. The molecule has 2 N–H and O–H groups in total. The van der Waals surface area contributed by atoms with Gasteiger partial charge in [0.2, 0.25) is 0 Å². The van der Waals surface area contributed by atoms with E-state index in [4.69, 9.17) is 23.3 Å². The zero-order chi connectivity index (χ0) is 6.28. The number of halogens is 2. The molecule has 0 aliphatic rings. The van der Waals surface area contributed by atoms with E-state index < -0.39 is 10.8 Å². The third kappa shape index (κ3) is 848. The van der Waals surface area contributed by atoms with Crippen molar-refractivity contribution in [1.29, 1.82) is 0 Å². The molecule has 0 bridgehead atoms. The smallest absolute Gasteiger partial charge is 0.327 e. The van der Waals surface area contributed by atoms with E-state index in [9.17, 15) is 0 Å². The molecule has 0 saturated heterocycles. The van der Waals surface area contributed by atoms with Crippen LogP contribution in [0.1, 0.15) is 0 Å². The van der Waals surface area contributed by atoms with Gasteiger partial charge in [0.15, 0.2) is 0 Å². The van der Waals surface area contributed by atoms with Gasteiger partial charge in [-0.25, -0.2) is 0 Å². The summed E-state index contributed by atoms with van der Waals surface area (Å²) in [5.41, 5.74) is 0. The molecule has 0 aliphatic carbocycles. The fraction of sp³-hybridized carbons (Fsp3) is 0. The maximum absolute atomic E-state index is 8.52. The molecule has 0 aliphatic heterocycles. The molecule has 0 aromatic rings. The third-order valence-corrected chi connectivity index (χ3v) is 0. The van der Waals surface area contributed by atoms with E-state index in [2.05, 4.69) is 0 Å². The lowest BCUT2D eigenvalue weighted by Gasteiger charge is -1.72. The summed E-state index contributed by atoms with van der Waals surface area (Å²) in [4.78, 5) is 0. The number of hydrogen-bond donors (Lipinski definition) is 2. The van der Waals surface area contributed by atoms with E-state index in [0.717, 1.165) is 0 Å². The van der Waals surface area contributed by atoms with Gasteiger partial charge in [0.1, 0.15) is 0 Å². The van der Waals surface area contributed by atoms with Crippen molar-refractivity contribution in [3.05, 3.63) is 0 Å². The molecule has 0 amide bonds. The second-order valence-corrected chi connectivity index (χ2v) is 0.810. The molecule has 0 spiro atoms. The van der Waals surface area contributed by atoms with Crippen LogP contribution in [0.5, 0.6) is 0 Å². The summed E-state index contributed by atoms with van der Waals surface area (Å²) in [5.74, 6) is 0. The largest absolute Gasteiger partial charge is 0.506 e. The average molecular weight is 153 g/mol. The van der Waals surface area contributed by atoms with Crippen molar-refractivity contribution in [2.45, 2.75) is 0 Å². The summed E-state index contributed by atoms with van der Waals surface area (Å²) in [6, 6.07) is 0. The highest BCUT2D eigenvalue weighted by molar-refractivity contribution is 1.94. The molecule has 0 rings (SSSR count). The molecule has 0 atom stereocenters. The molecule has 0 aromatic heterocycles. The standard InChI is InChI=1S/ClHO3.ClHO2/c2-1(3)4;2-1-3/h2H;2H. The van der Waals surface area contributed by atoms with Crippen molar-refractivity contribution >= 4 is 0 Å². The molecule has 46 valence electrons. The Morgan fingerprint density at radius 3 is 1.43 bits per heavy atom. The summed E-state index contributed by atoms with van der Waals surface area (Å²) in [6.07, 6.45) is 0. The average Bonchev–Trinajstić information content (AvgIpc) is 1.33. The van der Waals surface area contributed by atoms with Gasteiger partial charge in [-0.05, 0) is 0 Å². The van der Waals surface area contributed by atoms with Gasteiger partial charge in [0, 0.05) is 4.66 Å². The van der Waals surface area contributed by atoms with E-state index in [1.54, 1.807) is 0 Å². The van der Waals surface area contributed by atoms with Crippen LogP contribution < -0.4 is 14.0 Å². The van der Waals surface area contributed by atoms with Crippen LogP contribution in [0.4, 0.5) is 0 Å². The van der Waals surface area contributed by atoms with Crippen LogP contribution in [0.15, 0.2) is 0 Å². The summed E-state index contributed by atoms with van der Waals surface area (Å²) in [7, 11) is -2.60. The number of rotatable bonds is 0. The molecule has 7 heavy (non-hydrogen) atoms. The summed E-state index contributed by atoms with van der Waals surface area (Å²) < 4.78 is 39.2. The minimum Gasteiger partial charge on any atom is -0.506 e. The molecule has 5 nitrogen and oxygen atoms in total. The Morgan fingerprint density at radius 1 is 1.43 bits per heavy atom. The van der Waals surface area contributed by atoms with E-state index in [0.29, 0.717) is 0 Å². The van der Waals surface area contributed by atoms with Gasteiger partial charge in [-0.15, -0.1) is 4.66 Å². The van der Waals surface area contributed by atoms with Crippen molar-refractivity contribution in [1.82, 2.24) is 0 Å². The monoisotopic (exact) mass is 152 g/mol. The molecule has 0 aromatic carbocycles. The first-order valence-electron chi connectivity index (χ1n) is 0.801. The van der Waals surface area contributed by atoms with E-state index >= 15 is 0 Å². The highest BCUT2D eigenvalue weighted by Crippen LogP contribution is 1.38. The fourth-order valence-corrected chi connectivity index (χ4v) is 0. The lowest BCUT2D eigenvalue weighted by atomic mass is 15.8. The van der Waals surface area contributed by atoms with Crippen LogP contribution in [0, 0.1) is 22.1 Å². The lowest BCUT2D eigenvalue weighted by molar-refractivity contribution is -1.63. The topological polar surface area (TPSA) is 110 Å². The van der Waals surface area contributed by atoms with Gasteiger partial charge in [-0.2, -0.15) is 0 Å². The molecule has 0 fully saturated rings. The number of hydrogen-bond acceptors (Lipinski definition) is 5. The van der Waals surface area contributed by atoms with E-state index in [-0.39, 0.29) is 11.3 Å². The van der Waals surface area contributed by atoms with Crippen LogP contribution >= 0.6 is 0 Å². The first kappa shape index (κ1) is 10.4. The highest BCUT2D eigenvalue weighted by atomic mass is 35.6. The van der Waals surface area contributed by atoms with Gasteiger partial charge in [0.05, 0.1) is 0 Å². The van der Waals surface area contributed by atoms with Crippen molar-refractivity contribution in [3.63, 3.8) is 0 Å². The Kier molecular flexibility index (Phi) is 14.3. The van der Waals surface area contributed by atoms with Crippen molar-refractivity contribution in [2.75, 3.05) is 0 Å². The molecule has 7 heteroatoms. The van der Waals surface area contributed by atoms with Gasteiger partial charge in [-0.3, -0.25) is 0 Å². The Labute approximate surface area is 46.3 Å². The summed E-state index contributed by atoms with van der Waals surface area (Å²) in [5, 5.41) is 0. The van der Waals surface area contributed by atoms with Gasteiger partial charge >= 0.3 is 11.3 Å². The molecule has 0 unspecified atom stereocenters. The van der Waals surface area contributed by atoms with Gasteiger partial charge in [-0.1, -0.05) is 0 Å². The van der Waals surface area contributed by atoms with Crippen LogP contribution in [0.3, 0.4) is 0 Å². The SMILES string of the molecule is [O-][Cl+2]([O-])O.[O-][Cl+]O. The quantitative estimate of drug-likeness (QED) is 0.363. The van der Waals surface area contributed by atoms with E-state index in [1.807, 2.05) is 0 Å². The fourth-order valence-electron chi connectivity index (χ4n) is 0. The molecular weight excluding hydrogens is 151 g/mol. The maximum atomic E-state index is 8.52. The van der Waals surface area contributed by atoms with Crippen LogP contribution in [-0.4, -0.2) is 9.32 Å².